The monoisotopic (exact) mass is 646 g/mol. The molecular weight excluding hydrogens is 621 g/mol. The molecule has 0 aliphatic carbocycles. The van der Waals surface area contributed by atoms with Crippen LogP contribution in [0.25, 0.3) is 16.9 Å². The molecule has 4 aromatic rings. The maximum Gasteiger partial charge on any atom is 0.433 e. The highest BCUT2D eigenvalue weighted by atomic mass is 35.5. The number of carbonyl (C=O) groups excluding carboxylic acids is 3. The molecule has 2 amide bonds. The van der Waals surface area contributed by atoms with Gasteiger partial charge in [-0.05, 0) is 24.1 Å². The van der Waals surface area contributed by atoms with E-state index in [1.165, 1.54) is 40.0 Å². The van der Waals surface area contributed by atoms with Crippen LogP contribution in [-0.4, -0.2) is 97.6 Å². The van der Waals surface area contributed by atoms with Crippen LogP contribution in [-0.2, 0) is 20.5 Å². The number of imidazole rings is 1. The average molecular weight is 647 g/mol. The highest BCUT2D eigenvalue weighted by molar-refractivity contribution is 6.34. The summed E-state index contributed by atoms with van der Waals surface area (Å²) in [5.74, 6) is -2.23. The van der Waals surface area contributed by atoms with Gasteiger partial charge in [0, 0.05) is 50.8 Å². The number of piperazine rings is 1. The number of nitrogens with one attached hydrogen (secondary N) is 3. The Hall–Kier alpha value is -4.74. The zero-order valence-electron chi connectivity index (χ0n) is 23.3. The van der Waals surface area contributed by atoms with Gasteiger partial charge >= 0.3 is 18.1 Å². The van der Waals surface area contributed by atoms with E-state index >= 15 is 0 Å². The first-order valence-electron chi connectivity index (χ1n) is 13.7. The number of carbonyl (C=O) groups is 3. The number of ether oxygens (including phenoxy) is 1. The van der Waals surface area contributed by atoms with Gasteiger partial charge in [-0.15, -0.1) is 0 Å². The van der Waals surface area contributed by atoms with E-state index in [9.17, 15) is 27.6 Å². The number of nitrogens with two attached hydrogens (primary N) is 1. The highest BCUT2D eigenvalue weighted by Crippen LogP contribution is 2.36. The zero-order valence-corrected chi connectivity index (χ0v) is 24.1. The van der Waals surface area contributed by atoms with Crippen LogP contribution in [0.15, 0.2) is 43.0 Å². The Morgan fingerprint density at radius 3 is 2.64 bits per heavy atom. The number of aromatic amines is 1. The van der Waals surface area contributed by atoms with Gasteiger partial charge in [0.1, 0.15) is 5.69 Å². The minimum atomic E-state index is -4.64. The number of hydrogen-bond donors (Lipinski definition) is 4. The number of fused-ring (bicyclic) bond motifs is 1. The van der Waals surface area contributed by atoms with Crippen LogP contribution in [0.2, 0.25) is 5.02 Å². The van der Waals surface area contributed by atoms with Crippen molar-refractivity contribution in [2.24, 2.45) is 11.7 Å². The number of rotatable bonds is 7. The first-order valence-corrected chi connectivity index (χ1v) is 14.1. The maximum absolute atomic E-state index is 13.5. The molecule has 5 N–H and O–H groups in total. The van der Waals surface area contributed by atoms with Crippen molar-refractivity contribution in [3.05, 3.63) is 59.3 Å². The Kier molecular flexibility index (Phi) is 8.07. The van der Waals surface area contributed by atoms with Gasteiger partial charge < -0.3 is 26.0 Å². The van der Waals surface area contributed by atoms with Crippen molar-refractivity contribution >= 4 is 46.5 Å². The third-order valence-electron chi connectivity index (χ3n) is 7.62. The van der Waals surface area contributed by atoms with Crippen LogP contribution in [0.5, 0.6) is 0 Å². The number of benzene rings is 1. The van der Waals surface area contributed by atoms with Gasteiger partial charge in [-0.3, -0.25) is 24.0 Å². The predicted octanol–water partition coefficient (Wildman–Crippen LogP) is 1.87. The molecule has 1 unspecified atom stereocenters. The third-order valence-corrected chi connectivity index (χ3v) is 7.93. The number of alkyl halides is 3. The molecule has 18 heteroatoms. The topological polar surface area (TPSA) is 176 Å². The van der Waals surface area contributed by atoms with Crippen LogP contribution in [0.4, 0.5) is 24.7 Å². The summed E-state index contributed by atoms with van der Waals surface area (Å²) >= 11 is 6.54. The molecule has 2 fully saturated rings. The molecule has 6 rings (SSSR count). The van der Waals surface area contributed by atoms with Crippen LogP contribution in [0.3, 0.4) is 0 Å². The van der Waals surface area contributed by atoms with Crippen molar-refractivity contribution in [2.75, 3.05) is 44.6 Å². The lowest BCUT2D eigenvalue weighted by molar-refractivity contribution is -0.170. The Labute approximate surface area is 257 Å². The standard InChI is InChI=1S/C27H26ClF3N10O4/c28-18-7-15(37-23-24-35-11-19(41(24)4-3-34-23)17-10-36-38-21(17)27(29,30)31)1-2-16(18)25(43)40-6-5-39(12-14-8-33-9-14)20(13-40)45-26(44)22(32)42/h1-4,7,10-11,14,20,33H,5-6,8-9,12-13H2,(H2,32,42)(H,34,37)(H,36,38). The number of primary amides is 1. The van der Waals surface area contributed by atoms with Gasteiger partial charge in [0.25, 0.3) is 5.91 Å². The summed E-state index contributed by atoms with van der Waals surface area (Å²) in [6, 6.07) is 4.62. The molecule has 2 aliphatic rings. The maximum atomic E-state index is 13.5. The first-order chi connectivity index (χ1) is 21.5. The fourth-order valence-electron chi connectivity index (χ4n) is 5.26. The Balaban J connectivity index is 1.19. The molecule has 45 heavy (non-hydrogen) atoms. The zero-order chi connectivity index (χ0) is 31.9. The number of nitrogens with zero attached hydrogens (tertiary/aromatic N) is 6. The van der Waals surface area contributed by atoms with Gasteiger partial charge in [-0.1, -0.05) is 11.6 Å². The van der Waals surface area contributed by atoms with Gasteiger partial charge in [0.2, 0.25) is 0 Å². The van der Waals surface area contributed by atoms with E-state index in [2.05, 4.69) is 25.7 Å². The molecule has 2 aliphatic heterocycles. The SMILES string of the molecule is NC(=O)C(=O)OC1CN(C(=O)c2ccc(Nc3nccn4c(-c5cn[nH]c5C(F)(F)F)cnc34)cc2Cl)CCN1CC1CNC1. The molecule has 0 spiro atoms. The van der Waals surface area contributed by atoms with E-state index in [0.717, 1.165) is 19.3 Å². The minimum Gasteiger partial charge on any atom is -0.437 e. The summed E-state index contributed by atoms with van der Waals surface area (Å²) in [6.45, 7) is 3.01. The second kappa shape index (κ2) is 12.0. The van der Waals surface area contributed by atoms with Crippen LogP contribution in [0.1, 0.15) is 16.1 Å². The quantitative estimate of drug-likeness (QED) is 0.171. The molecule has 5 heterocycles. The van der Waals surface area contributed by atoms with E-state index in [0.29, 0.717) is 31.2 Å². The van der Waals surface area contributed by atoms with Crippen molar-refractivity contribution < 1.29 is 32.3 Å². The Bertz CT molecular complexity index is 1770. The molecular formula is C27H26ClF3N10O4. The second-order valence-electron chi connectivity index (χ2n) is 10.6. The van der Waals surface area contributed by atoms with Crippen molar-refractivity contribution in [1.82, 2.24) is 39.7 Å². The van der Waals surface area contributed by atoms with Crippen LogP contribution < -0.4 is 16.4 Å². The summed E-state index contributed by atoms with van der Waals surface area (Å²) in [5.41, 5.74) is 4.93. The number of amides is 2. The predicted molar refractivity (Wildman–Crippen MR) is 153 cm³/mol. The number of H-pyrrole nitrogens is 1. The fourth-order valence-corrected chi connectivity index (χ4v) is 5.52. The molecule has 1 atom stereocenters. The van der Waals surface area contributed by atoms with E-state index in [1.807, 2.05) is 10.00 Å². The number of hydrogen-bond acceptors (Lipinski definition) is 10. The molecule has 0 radical (unpaired) electrons. The summed E-state index contributed by atoms with van der Waals surface area (Å²) in [5, 5.41) is 11.9. The Morgan fingerprint density at radius 1 is 1.16 bits per heavy atom. The first kappa shape index (κ1) is 30.3. The minimum absolute atomic E-state index is 0.00911. The summed E-state index contributed by atoms with van der Waals surface area (Å²) in [4.78, 5) is 48.7. The Morgan fingerprint density at radius 2 is 1.96 bits per heavy atom. The van der Waals surface area contributed by atoms with Crippen molar-refractivity contribution in [3.8, 4) is 11.3 Å². The van der Waals surface area contributed by atoms with Gasteiger partial charge in [0.05, 0.1) is 40.8 Å². The number of aromatic nitrogens is 5. The molecule has 0 saturated carbocycles. The van der Waals surface area contributed by atoms with Crippen LogP contribution in [0, 0.1) is 5.92 Å². The molecule has 2 saturated heterocycles. The molecule has 1 aromatic carbocycles. The number of esters is 1. The number of halogens is 4. The molecule has 236 valence electrons. The normalized spacial score (nSPS) is 17.7. The van der Waals surface area contributed by atoms with Crippen molar-refractivity contribution in [3.63, 3.8) is 0 Å². The largest absolute Gasteiger partial charge is 0.437 e. The number of anilines is 2. The molecule has 0 bridgehead atoms. The van der Waals surface area contributed by atoms with Crippen LogP contribution >= 0.6 is 11.6 Å². The van der Waals surface area contributed by atoms with Gasteiger partial charge in [0.15, 0.2) is 17.7 Å². The molecule has 3 aromatic heterocycles. The molecule has 14 nitrogen and oxygen atoms in total. The van der Waals surface area contributed by atoms with E-state index in [4.69, 9.17) is 22.1 Å². The lowest BCUT2D eigenvalue weighted by Gasteiger charge is -2.43. The smallest absolute Gasteiger partial charge is 0.433 e. The van der Waals surface area contributed by atoms with E-state index in [1.54, 1.807) is 6.07 Å². The van der Waals surface area contributed by atoms with E-state index < -0.39 is 35.9 Å². The van der Waals surface area contributed by atoms with Crippen molar-refractivity contribution in [2.45, 2.75) is 12.4 Å². The lowest BCUT2D eigenvalue weighted by atomic mass is 10.0. The average Bonchev–Trinajstić information content (AvgIpc) is 3.63. The van der Waals surface area contributed by atoms with Gasteiger partial charge in [-0.25, -0.2) is 14.8 Å². The van der Waals surface area contributed by atoms with Crippen molar-refractivity contribution in [1.29, 1.82) is 0 Å². The highest BCUT2D eigenvalue weighted by Gasteiger charge is 2.37. The van der Waals surface area contributed by atoms with E-state index in [-0.39, 0.29) is 39.9 Å². The van der Waals surface area contributed by atoms with Gasteiger partial charge in [-0.2, -0.15) is 18.3 Å². The third kappa shape index (κ3) is 6.13. The summed E-state index contributed by atoms with van der Waals surface area (Å²) in [6.07, 6.45) is -0.268. The second-order valence-corrected chi connectivity index (χ2v) is 11.0. The summed E-state index contributed by atoms with van der Waals surface area (Å²) in [7, 11) is 0. The lowest BCUT2D eigenvalue weighted by Crippen LogP contribution is -2.60. The summed E-state index contributed by atoms with van der Waals surface area (Å²) < 4.78 is 47.1. The fraction of sp³-hybridized carbons (Fsp3) is 0.333.